The van der Waals surface area contributed by atoms with Crippen molar-refractivity contribution in [1.82, 2.24) is 5.32 Å². The van der Waals surface area contributed by atoms with Gasteiger partial charge in [-0.25, -0.2) is 0 Å². The second kappa shape index (κ2) is 7.17. The normalized spacial score (nSPS) is 12.0. The summed E-state index contributed by atoms with van der Waals surface area (Å²) in [5.41, 5.74) is 1.62. The first-order chi connectivity index (χ1) is 10.6. The fourth-order valence-electron chi connectivity index (χ4n) is 2.00. The number of rotatable bonds is 5. The number of hydrogen-bond donors (Lipinski definition) is 1. The van der Waals surface area contributed by atoms with Gasteiger partial charge in [-0.2, -0.15) is 0 Å². The maximum absolute atomic E-state index is 11.9. The van der Waals surface area contributed by atoms with E-state index in [0.717, 1.165) is 5.56 Å². The monoisotopic (exact) mass is 296 g/mol. The first kappa shape index (κ1) is 15.4. The van der Waals surface area contributed by atoms with Gasteiger partial charge >= 0.3 is 0 Å². The van der Waals surface area contributed by atoms with E-state index in [1.165, 1.54) is 18.2 Å². The van der Waals surface area contributed by atoms with E-state index in [2.05, 4.69) is 5.32 Å². The number of amides is 1. The largest absolute Gasteiger partial charge is 0.346 e. The highest BCUT2D eigenvalue weighted by atomic mass is 16.6. The fraction of sp³-hybridized carbons (Fsp3) is 0.118. The number of non-ortho nitro benzene ring substituents is 1. The lowest BCUT2D eigenvalue weighted by molar-refractivity contribution is -0.384. The van der Waals surface area contributed by atoms with Crippen LogP contribution in [0.3, 0.4) is 0 Å². The zero-order valence-corrected chi connectivity index (χ0v) is 12.1. The van der Waals surface area contributed by atoms with Gasteiger partial charge in [0.2, 0.25) is 5.91 Å². The maximum Gasteiger partial charge on any atom is 0.270 e. The van der Waals surface area contributed by atoms with Gasteiger partial charge in [-0.05, 0) is 24.1 Å². The molecule has 0 radical (unpaired) electrons. The van der Waals surface area contributed by atoms with Gasteiger partial charge in [0.05, 0.1) is 11.0 Å². The first-order valence-corrected chi connectivity index (χ1v) is 6.84. The molecule has 1 N–H and O–H groups in total. The van der Waals surface area contributed by atoms with Crippen molar-refractivity contribution in [2.75, 3.05) is 0 Å². The Morgan fingerprint density at radius 3 is 2.59 bits per heavy atom. The van der Waals surface area contributed by atoms with Crippen molar-refractivity contribution in [2.45, 2.75) is 13.0 Å². The average Bonchev–Trinajstić information content (AvgIpc) is 2.54. The maximum atomic E-state index is 11.9. The van der Waals surface area contributed by atoms with Crippen LogP contribution >= 0.6 is 0 Å². The SMILES string of the molecule is C[C@@H](NC(=O)/C=C/c1cccc([N+](=O)[O-])c1)c1ccccc1. The number of nitro benzene ring substituents is 1. The summed E-state index contributed by atoms with van der Waals surface area (Å²) in [6, 6.07) is 15.6. The van der Waals surface area contributed by atoms with Crippen molar-refractivity contribution < 1.29 is 9.72 Å². The van der Waals surface area contributed by atoms with Crippen LogP contribution in [0.1, 0.15) is 24.1 Å². The topological polar surface area (TPSA) is 72.2 Å². The molecular weight excluding hydrogens is 280 g/mol. The third-order valence-electron chi connectivity index (χ3n) is 3.17. The first-order valence-electron chi connectivity index (χ1n) is 6.84. The quantitative estimate of drug-likeness (QED) is 0.521. The molecule has 0 saturated carbocycles. The lowest BCUT2D eigenvalue weighted by Crippen LogP contribution is -2.24. The Morgan fingerprint density at radius 1 is 1.18 bits per heavy atom. The molecule has 0 aromatic heterocycles. The summed E-state index contributed by atoms with van der Waals surface area (Å²) in [5.74, 6) is -0.247. The number of nitro groups is 1. The van der Waals surface area contributed by atoms with Crippen molar-refractivity contribution in [3.8, 4) is 0 Å². The number of benzene rings is 2. The van der Waals surface area contributed by atoms with Gasteiger partial charge < -0.3 is 5.32 Å². The van der Waals surface area contributed by atoms with E-state index in [1.807, 2.05) is 37.3 Å². The Labute approximate surface area is 128 Å². The molecule has 2 aromatic rings. The number of hydrogen-bond acceptors (Lipinski definition) is 3. The highest BCUT2D eigenvalue weighted by Crippen LogP contribution is 2.14. The number of carbonyl (C=O) groups is 1. The van der Waals surface area contributed by atoms with Gasteiger partial charge in [0.15, 0.2) is 0 Å². The Hall–Kier alpha value is -2.95. The van der Waals surface area contributed by atoms with Crippen LogP contribution in [0.25, 0.3) is 6.08 Å². The van der Waals surface area contributed by atoms with Crippen molar-refractivity contribution >= 4 is 17.7 Å². The minimum absolute atomic E-state index is 0.000196. The van der Waals surface area contributed by atoms with Crippen LogP contribution in [0.4, 0.5) is 5.69 Å². The molecule has 0 aliphatic carbocycles. The van der Waals surface area contributed by atoms with Crippen LogP contribution < -0.4 is 5.32 Å². The Balaban J connectivity index is 2.00. The zero-order valence-electron chi connectivity index (χ0n) is 12.1. The molecule has 1 amide bonds. The second-order valence-corrected chi connectivity index (χ2v) is 4.83. The van der Waals surface area contributed by atoms with Gasteiger partial charge in [0.25, 0.3) is 5.69 Å². The minimum atomic E-state index is -0.463. The van der Waals surface area contributed by atoms with Gasteiger partial charge in [0, 0.05) is 18.2 Å². The molecule has 2 rings (SSSR count). The van der Waals surface area contributed by atoms with Crippen LogP contribution in [0, 0.1) is 10.1 Å². The van der Waals surface area contributed by atoms with E-state index in [-0.39, 0.29) is 17.6 Å². The molecule has 5 nitrogen and oxygen atoms in total. The van der Waals surface area contributed by atoms with Crippen LogP contribution in [0.2, 0.25) is 0 Å². The predicted octanol–water partition coefficient (Wildman–Crippen LogP) is 3.49. The standard InChI is InChI=1S/C17H16N2O3/c1-13(15-7-3-2-4-8-15)18-17(20)11-10-14-6-5-9-16(12-14)19(21)22/h2-13H,1H3,(H,18,20)/b11-10+/t13-/m1/s1. The fourth-order valence-corrected chi connectivity index (χ4v) is 2.00. The summed E-state index contributed by atoms with van der Waals surface area (Å²) in [4.78, 5) is 22.1. The van der Waals surface area contributed by atoms with E-state index >= 15 is 0 Å². The van der Waals surface area contributed by atoms with Crippen LogP contribution in [0.15, 0.2) is 60.7 Å². The smallest absolute Gasteiger partial charge is 0.270 e. The van der Waals surface area contributed by atoms with Crippen LogP contribution in [0.5, 0.6) is 0 Å². The predicted molar refractivity (Wildman–Crippen MR) is 85.1 cm³/mol. The van der Waals surface area contributed by atoms with E-state index in [4.69, 9.17) is 0 Å². The molecule has 22 heavy (non-hydrogen) atoms. The molecule has 0 bridgehead atoms. The third kappa shape index (κ3) is 4.28. The molecule has 0 spiro atoms. The third-order valence-corrected chi connectivity index (χ3v) is 3.17. The van der Waals surface area contributed by atoms with Crippen LogP contribution in [-0.4, -0.2) is 10.8 Å². The lowest BCUT2D eigenvalue weighted by atomic mass is 10.1. The van der Waals surface area contributed by atoms with Crippen molar-refractivity contribution in [2.24, 2.45) is 0 Å². The van der Waals surface area contributed by atoms with E-state index in [9.17, 15) is 14.9 Å². The molecule has 112 valence electrons. The van der Waals surface area contributed by atoms with Crippen molar-refractivity contribution in [3.63, 3.8) is 0 Å². The molecule has 0 unspecified atom stereocenters. The molecule has 5 heteroatoms. The van der Waals surface area contributed by atoms with Gasteiger partial charge in [-0.1, -0.05) is 42.5 Å². The summed E-state index contributed by atoms with van der Waals surface area (Å²) in [6.07, 6.45) is 2.93. The zero-order chi connectivity index (χ0) is 15.9. The van der Waals surface area contributed by atoms with E-state index in [1.54, 1.807) is 18.2 Å². The van der Waals surface area contributed by atoms with Crippen molar-refractivity contribution in [3.05, 3.63) is 81.9 Å². The average molecular weight is 296 g/mol. The summed E-state index contributed by atoms with van der Waals surface area (Å²) < 4.78 is 0. The molecular formula is C17H16N2O3. The van der Waals surface area contributed by atoms with Crippen LogP contribution in [-0.2, 0) is 4.79 Å². The number of nitrogens with zero attached hydrogens (tertiary/aromatic N) is 1. The molecule has 2 aromatic carbocycles. The number of nitrogens with one attached hydrogen (secondary N) is 1. The highest BCUT2D eigenvalue weighted by Gasteiger charge is 2.07. The molecule has 0 fully saturated rings. The summed E-state index contributed by atoms with van der Waals surface area (Å²) in [5, 5.41) is 13.5. The lowest BCUT2D eigenvalue weighted by Gasteiger charge is -2.12. The van der Waals surface area contributed by atoms with E-state index < -0.39 is 4.92 Å². The summed E-state index contributed by atoms with van der Waals surface area (Å²) in [7, 11) is 0. The minimum Gasteiger partial charge on any atom is -0.346 e. The molecule has 0 aliphatic rings. The van der Waals surface area contributed by atoms with E-state index in [0.29, 0.717) is 5.56 Å². The second-order valence-electron chi connectivity index (χ2n) is 4.83. The molecule has 0 aliphatic heterocycles. The summed E-state index contributed by atoms with van der Waals surface area (Å²) >= 11 is 0. The Morgan fingerprint density at radius 2 is 1.91 bits per heavy atom. The molecule has 1 atom stereocenters. The Bertz CT molecular complexity index is 696. The molecule has 0 heterocycles. The van der Waals surface area contributed by atoms with Gasteiger partial charge in [-0.3, -0.25) is 14.9 Å². The number of carbonyl (C=O) groups excluding carboxylic acids is 1. The molecule has 0 saturated heterocycles. The summed E-state index contributed by atoms with van der Waals surface area (Å²) in [6.45, 7) is 1.90. The highest BCUT2D eigenvalue weighted by molar-refractivity contribution is 5.92. The van der Waals surface area contributed by atoms with Gasteiger partial charge in [0.1, 0.15) is 0 Å². The van der Waals surface area contributed by atoms with Gasteiger partial charge in [-0.15, -0.1) is 0 Å². The van der Waals surface area contributed by atoms with Crippen molar-refractivity contribution in [1.29, 1.82) is 0 Å². The Kier molecular flexibility index (Phi) is 5.03.